The molecule has 2 rings (SSSR count). The molecule has 5 nitrogen and oxygen atoms in total. The van der Waals surface area contributed by atoms with Crippen molar-refractivity contribution >= 4 is 32.9 Å². The molecule has 9 heteroatoms. The number of hydrogen-bond donors (Lipinski definition) is 1. The molecule has 1 aliphatic rings. The predicted molar refractivity (Wildman–Crippen MR) is 88.7 cm³/mol. The van der Waals surface area contributed by atoms with E-state index in [9.17, 15) is 17.2 Å². The largest absolute Gasteiger partial charge is 0.435 e. The third kappa shape index (κ3) is 5.00. The number of nitrogens with one attached hydrogen (secondary N) is 1. The summed E-state index contributed by atoms with van der Waals surface area (Å²) >= 11 is 5.34. The maximum Gasteiger partial charge on any atom is 0.387 e. The Labute approximate surface area is 139 Å². The van der Waals surface area contributed by atoms with Gasteiger partial charge in [0.1, 0.15) is 5.75 Å². The van der Waals surface area contributed by atoms with Crippen LogP contribution in [-0.2, 0) is 9.84 Å². The van der Waals surface area contributed by atoms with E-state index in [0.29, 0.717) is 23.8 Å². The van der Waals surface area contributed by atoms with Gasteiger partial charge in [-0.1, -0.05) is 0 Å². The van der Waals surface area contributed by atoms with Crippen molar-refractivity contribution in [3.63, 3.8) is 0 Å². The summed E-state index contributed by atoms with van der Waals surface area (Å²) in [7, 11) is -2.99. The summed E-state index contributed by atoms with van der Waals surface area (Å²) in [4.78, 5) is 1.84. The van der Waals surface area contributed by atoms with Gasteiger partial charge in [0.25, 0.3) is 0 Å². The first-order chi connectivity index (χ1) is 10.8. The molecule has 1 aliphatic heterocycles. The molecule has 1 aromatic carbocycles. The fraction of sp³-hybridized carbons (Fsp3) is 0.500. The Balaban J connectivity index is 1.99. The van der Waals surface area contributed by atoms with E-state index < -0.39 is 16.4 Å². The Morgan fingerprint density at radius 3 is 2.57 bits per heavy atom. The van der Waals surface area contributed by atoms with Crippen LogP contribution in [0.2, 0.25) is 0 Å². The van der Waals surface area contributed by atoms with Gasteiger partial charge in [0.15, 0.2) is 14.9 Å². The van der Waals surface area contributed by atoms with Crippen molar-refractivity contribution < 1.29 is 21.9 Å². The van der Waals surface area contributed by atoms with Crippen LogP contribution < -0.4 is 10.1 Å². The zero-order valence-electron chi connectivity index (χ0n) is 12.5. The van der Waals surface area contributed by atoms with E-state index in [-0.39, 0.29) is 23.3 Å². The lowest BCUT2D eigenvalue weighted by atomic mass is 10.2. The number of ether oxygens (including phenoxy) is 1. The predicted octanol–water partition coefficient (Wildman–Crippen LogP) is 2.49. The number of sulfone groups is 1. The number of hydrogen-bond acceptors (Lipinski definition) is 4. The summed E-state index contributed by atoms with van der Waals surface area (Å²) in [6.45, 7) is -0.383. The third-order valence-electron chi connectivity index (χ3n) is 3.58. The minimum atomic E-state index is -2.99. The van der Waals surface area contributed by atoms with Crippen LogP contribution in [-0.4, -0.2) is 49.1 Å². The van der Waals surface area contributed by atoms with Crippen molar-refractivity contribution in [1.29, 1.82) is 0 Å². The fourth-order valence-electron chi connectivity index (χ4n) is 2.50. The lowest BCUT2D eigenvalue weighted by Gasteiger charge is -2.29. The smallest absolute Gasteiger partial charge is 0.387 e. The number of alkyl halides is 2. The van der Waals surface area contributed by atoms with Gasteiger partial charge >= 0.3 is 6.61 Å². The van der Waals surface area contributed by atoms with Crippen LogP contribution in [0.4, 0.5) is 14.5 Å². The second kappa shape index (κ2) is 7.39. The fourth-order valence-corrected chi connectivity index (χ4v) is 4.63. The number of nitrogens with zero attached hydrogens (tertiary/aromatic N) is 1. The molecule has 0 spiro atoms. The van der Waals surface area contributed by atoms with Gasteiger partial charge in [-0.2, -0.15) is 8.78 Å². The van der Waals surface area contributed by atoms with Gasteiger partial charge in [0.05, 0.1) is 11.5 Å². The summed E-state index contributed by atoms with van der Waals surface area (Å²) in [6.07, 6.45) is 0.555. The summed E-state index contributed by atoms with van der Waals surface area (Å²) in [5.74, 6) is 0.339. The van der Waals surface area contributed by atoms with Crippen molar-refractivity contribution in [2.75, 3.05) is 23.4 Å². The molecule has 0 unspecified atom stereocenters. The SMILES string of the molecule is CCN(C(=S)Nc1ccc(OC(F)F)cc1)[C@@H]1CCS(=O)(=O)C1. The highest BCUT2D eigenvalue weighted by atomic mass is 32.2. The lowest BCUT2D eigenvalue weighted by molar-refractivity contribution is -0.0498. The van der Waals surface area contributed by atoms with Crippen molar-refractivity contribution in [3.05, 3.63) is 24.3 Å². The minimum absolute atomic E-state index is 0.0608. The van der Waals surface area contributed by atoms with Crippen LogP contribution in [0.3, 0.4) is 0 Å². The van der Waals surface area contributed by atoms with Crippen LogP contribution in [0.15, 0.2) is 24.3 Å². The average molecular weight is 364 g/mol. The van der Waals surface area contributed by atoms with Crippen molar-refractivity contribution in [2.24, 2.45) is 0 Å². The highest BCUT2D eigenvalue weighted by molar-refractivity contribution is 7.91. The number of rotatable bonds is 5. The molecule has 0 saturated carbocycles. The molecule has 1 N–H and O–H groups in total. The van der Waals surface area contributed by atoms with Crippen molar-refractivity contribution in [2.45, 2.75) is 26.0 Å². The monoisotopic (exact) mass is 364 g/mol. The standard InChI is InChI=1S/C14H18F2N2O3S2/c1-2-18(11-7-8-23(19,20)9-11)14(22)17-10-3-5-12(6-4-10)21-13(15)16/h3-6,11,13H,2,7-9H2,1H3,(H,17,22)/t11-/m1/s1. The maximum atomic E-state index is 12.1. The molecule has 0 radical (unpaired) electrons. The molecule has 1 heterocycles. The quantitative estimate of drug-likeness (QED) is 0.810. The Morgan fingerprint density at radius 2 is 2.09 bits per heavy atom. The van der Waals surface area contributed by atoms with Gasteiger partial charge in [0.2, 0.25) is 0 Å². The Hall–Kier alpha value is -1.48. The maximum absolute atomic E-state index is 12.1. The highest BCUT2D eigenvalue weighted by Crippen LogP contribution is 2.21. The molecule has 1 saturated heterocycles. The van der Waals surface area contributed by atoms with E-state index in [1.165, 1.54) is 12.1 Å². The summed E-state index contributed by atoms with van der Waals surface area (Å²) in [5.41, 5.74) is 0.621. The summed E-state index contributed by atoms with van der Waals surface area (Å²) in [5, 5.41) is 3.41. The molecule has 0 amide bonds. The van der Waals surface area contributed by atoms with E-state index in [1.807, 2.05) is 11.8 Å². The van der Waals surface area contributed by atoms with E-state index in [2.05, 4.69) is 10.1 Å². The second-order valence-corrected chi connectivity index (χ2v) is 7.79. The molecular formula is C14H18F2N2O3S2. The molecule has 1 atom stereocenters. The topological polar surface area (TPSA) is 58.6 Å². The van der Waals surface area contributed by atoms with Crippen LogP contribution in [0.1, 0.15) is 13.3 Å². The first-order valence-electron chi connectivity index (χ1n) is 7.13. The summed E-state index contributed by atoms with van der Waals surface area (Å²) < 4.78 is 51.7. The molecule has 128 valence electrons. The van der Waals surface area contributed by atoms with Gasteiger partial charge in [-0.3, -0.25) is 0 Å². The lowest BCUT2D eigenvalue weighted by Crippen LogP contribution is -2.43. The first-order valence-corrected chi connectivity index (χ1v) is 9.36. The van der Waals surface area contributed by atoms with Crippen molar-refractivity contribution in [3.8, 4) is 5.75 Å². The van der Waals surface area contributed by atoms with E-state index in [0.717, 1.165) is 0 Å². The number of thiocarbonyl (C=S) groups is 1. The van der Waals surface area contributed by atoms with Crippen molar-refractivity contribution in [1.82, 2.24) is 4.90 Å². The van der Waals surface area contributed by atoms with Gasteiger partial charge in [-0.15, -0.1) is 0 Å². The van der Waals surface area contributed by atoms with Crippen LogP contribution >= 0.6 is 12.2 Å². The zero-order valence-corrected chi connectivity index (χ0v) is 14.2. The molecule has 0 aliphatic carbocycles. The van der Waals surface area contributed by atoms with E-state index >= 15 is 0 Å². The third-order valence-corrected chi connectivity index (χ3v) is 5.67. The molecule has 1 fully saturated rings. The molecule has 0 bridgehead atoms. The van der Waals surface area contributed by atoms with Crippen LogP contribution in [0.5, 0.6) is 5.75 Å². The van der Waals surface area contributed by atoms with E-state index in [4.69, 9.17) is 12.2 Å². The molecule has 1 aromatic rings. The molecule has 0 aromatic heterocycles. The number of benzene rings is 1. The van der Waals surface area contributed by atoms with Gasteiger partial charge in [0, 0.05) is 18.3 Å². The Kier molecular flexibility index (Phi) is 5.74. The average Bonchev–Trinajstić information content (AvgIpc) is 2.81. The minimum Gasteiger partial charge on any atom is -0.435 e. The Morgan fingerprint density at radius 1 is 1.43 bits per heavy atom. The van der Waals surface area contributed by atoms with Crippen LogP contribution in [0.25, 0.3) is 0 Å². The zero-order chi connectivity index (χ0) is 17.0. The molecular weight excluding hydrogens is 346 g/mol. The van der Waals surface area contributed by atoms with Gasteiger partial charge in [-0.25, -0.2) is 8.42 Å². The van der Waals surface area contributed by atoms with Gasteiger partial charge < -0.3 is 15.0 Å². The normalized spacial score (nSPS) is 19.6. The first kappa shape index (κ1) is 17.9. The van der Waals surface area contributed by atoms with Gasteiger partial charge in [-0.05, 0) is 49.8 Å². The summed E-state index contributed by atoms with van der Waals surface area (Å²) in [6, 6.07) is 5.83. The second-order valence-electron chi connectivity index (χ2n) is 5.18. The number of halogens is 2. The molecule has 23 heavy (non-hydrogen) atoms. The number of anilines is 1. The Bertz CT molecular complexity index is 650. The highest BCUT2D eigenvalue weighted by Gasteiger charge is 2.32. The van der Waals surface area contributed by atoms with E-state index in [1.54, 1.807) is 12.1 Å². The van der Waals surface area contributed by atoms with Crippen LogP contribution in [0, 0.1) is 0 Å².